The van der Waals surface area contributed by atoms with E-state index in [1.165, 1.54) is 0 Å². The standard InChI is InChI=1S/C14H18N2O2S/c1-4-18-13(17)11-5-7-12(8-6-11)16-14(19)15-9-10(2)3/h5-8H,2,4,9H2,1,3H3,(H2,15,16,19). The molecule has 0 heterocycles. The summed E-state index contributed by atoms with van der Waals surface area (Å²) in [5.41, 5.74) is 2.34. The lowest BCUT2D eigenvalue weighted by atomic mass is 10.2. The van der Waals surface area contributed by atoms with Crippen LogP contribution in [0.2, 0.25) is 0 Å². The van der Waals surface area contributed by atoms with Gasteiger partial charge < -0.3 is 15.4 Å². The molecule has 4 nitrogen and oxygen atoms in total. The fraction of sp³-hybridized carbons (Fsp3) is 0.286. The summed E-state index contributed by atoms with van der Waals surface area (Å²) >= 11 is 5.13. The van der Waals surface area contributed by atoms with Gasteiger partial charge >= 0.3 is 5.97 Å². The fourth-order valence-corrected chi connectivity index (χ4v) is 1.50. The normalized spacial score (nSPS) is 9.58. The smallest absolute Gasteiger partial charge is 0.338 e. The minimum Gasteiger partial charge on any atom is -0.462 e. The lowest BCUT2D eigenvalue weighted by Crippen LogP contribution is -2.29. The first-order valence-electron chi connectivity index (χ1n) is 5.99. The highest BCUT2D eigenvalue weighted by Gasteiger charge is 2.05. The van der Waals surface area contributed by atoms with Crippen molar-refractivity contribution in [2.24, 2.45) is 0 Å². The SMILES string of the molecule is C=C(C)CNC(=S)Nc1ccc(C(=O)OCC)cc1. The quantitative estimate of drug-likeness (QED) is 0.493. The highest BCUT2D eigenvalue weighted by atomic mass is 32.1. The predicted octanol–water partition coefficient (Wildman–Crippen LogP) is 2.73. The van der Waals surface area contributed by atoms with Crippen molar-refractivity contribution in [3.63, 3.8) is 0 Å². The predicted molar refractivity (Wildman–Crippen MR) is 81.4 cm³/mol. The molecule has 0 spiro atoms. The second-order valence-electron chi connectivity index (χ2n) is 4.06. The molecule has 1 rings (SSSR count). The molecular weight excluding hydrogens is 260 g/mol. The van der Waals surface area contributed by atoms with Crippen LogP contribution in [0.15, 0.2) is 36.4 Å². The molecule has 0 saturated heterocycles. The topological polar surface area (TPSA) is 50.4 Å². The van der Waals surface area contributed by atoms with Crippen LogP contribution in [0, 0.1) is 0 Å². The number of benzene rings is 1. The van der Waals surface area contributed by atoms with E-state index in [-0.39, 0.29) is 5.97 Å². The van der Waals surface area contributed by atoms with Crippen LogP contribution in [0.5, 0.6) is 0 Å². The van der Waals surface area contributed by atoms with Crippen molar-refractivity contribution in [1.82, 2.24) is 5.32 Å². The van der Waals surface area contributed by atoms with Crippen LogP contribution < -0.4 is 10.6 Å². The molecule has 0 aliphatic heterocycles. The second-order valence-corrected chi connectivity index (χ2v) is 4.47. The van der Waals surface area contributed by atoms with Crippen molar-refractivity contribution in [2.75, 3.05) is 18.5 Å². The molecule has 0 atom stereocenters. The molecule has 2 N–H and O–H groups in total. The Morgan fingerprint density at radius 2 is 2.00 bits per heavy atom. The zero-order valence-electron chi connectivity index (χ0n) is 11.2. The van der Waals surface area contributed by atoms with Gasteiger partial charge in [0.05, 0.1) is 12.2 Å². The summed E-state index contributed by atoms with van der Waals surface area (Å²) in [7, 11) is 0. The summed E-state index contributed by atoms with van der Waals surface area (Å²) in [5, 5.41) is 6.56. The van der Waals surface area contributed by atoms with Crippen LogP contribution in [-0.4, -0.2) is 24.2 Å². The van der Waals surface area contributed by atoms with Gasteiger partial charge in [0.25, 0.3) is 0 Å². The molecule has 0 unspecified atom stereocenters. The number of hydrogen-bond acceptors (Lipinski definition) is 3. The summed E-state index contributed by atoms with van der Waals surface area (Å²) in [6, 6.07) is 6.95. The summed E-state index contributed by atoms with van der Waals surface area (Å²) in [5.74, 6) is -0.322. The molecule has 0 radical (unpaired) electrons. The summed E-state index contributed by atoms with van der Waals surface area (Å²) < 4.78 is 4.91. The molecule has 0 aromatic heterocycles. The first-order valence-corrected chi connectivity index (χ1v) is 6.40. The molecule has 5 heteroatoms. The molecule has 1 aromatic carbocycles. The summed E-state index contributed by atoms with van der Waals surface area (Å²) in [6.45, 7) is 8.48. The number of esters is 1. The van der Waals surface area contributed by atoms with E-state index in [2.05, 4.69) is 17.2 Å². The Morgan fingerprint density at radius 1 is 1.37 bits per heavy atom. The van der Waals surface area contributed by atoms with Crippen molar-refractivity contribution >= 4 is 29.0 Å². The molecule has 0 bridgehead atoms. The number of rotatable bonds is 5. The molecular formula is C14H18N2O2S. The number of carbonyl (C=O) groups excluding carboxylic acids is 1. The van der Waals surface area contributed by atoms with E-state index in [0.717, 1.165) is 11.3 Å². The number of ether oxygens (including phenoxy) is 1. The van der Waals surface area contributed by atoms with E-state index < -0.39 is 0 Å². The molecule has 19 heavy (non-hydrogen) atoms. The molecule has 1 aromatic rings. The van der Waals surface area contributed by atoms with Crippen LogP contribution in [0.4, 0.5) is 5.69 Å². The van der Waals surface area contributed by atoms with Gasteiger partial charge in [0.15, 0.2) is 5.11 Å². The van der Waals surface area contributed by atoms with Crippen LogP contribution in [-0.2, 0) is 4.74 Å². The number of nitrogens with one attached hydrogen (secondary N) is 2. The average Bonchev–Trinajstić information content (AvgIpc) is 2.37. The zero-order valence-corrected chi connectivity index (χ0v) is 12.0. The average molecular weight is 278 g/mol. The van der Waals surface area contributed by atoms with Gasteiger partial charge in [0.2, 0.25) is 0 Å². The van der Waals surface area contributed by atoms with Gasteiger partial charge in [-0.1, -0.05) is 12.2 Å². The van der Waals surface area contributed by atoms with Gasteiger partial charge in [-0.3, -0.25) is 0 Å². The fourth-order valence-electron chi connectivity index (χ4n) is 1.31. The maximum Gasteiger partial charge on any atom is 0.338 e. The van der Waals surface area contributed by atoms with Gasteiger partial charge in [0, 0.05) is 12.2 Å². The molecule has 102 valence electrons. The van der Waals surface area contributed by atoms with Crippen molar-refractivity contribution in [2.45, 2.75) is 13.8 Å². The van der Waals surface area contributed by atoms with Crippen molar-refractivity contribution in [3.8, 4) is 0 Å². The third-order valence-electron chi connectivity index (χ3n) is 2.20. The van der Waals surface area contributed by atoms with E-state index in [1.54, 1.807) is 31.2 Å². The Bertz CT molecular complexity index is 469. The zero-order chi connectivity index (χ0) is 14.3. The number of hydrogen-bond donors (Lipinski definition) is 2. The monoisotopic (exact) mass is 278 g/mol. The van der Waals surface area contributed by atoms with E-state index >= 15 is 0 Å². The Labute approximate surface area is 118 Å². The van der Waals surface area contributed by atoms with Crippen molar-refractivity contribution in [3.05, 3.63) is 42.0 Å². The maximum absolute atomic E-state index is 11.5. The van der Waals surface area contributed by atoms with Crippen LogP contribution >= 0.6 is 12.2 Å². The van der Waals surface area contributed by atoms with Gasteiger partial charge in [-0.05, 0) is 50.3 Å². The molecule has 0 fully saturated rings. The molecule has 0 saturated carbocycles. The second kappa shape index (κ2) is 7.53. The first kappa shape index (κ1) is 15.2. The third kappa shape index (κ3) is 5.52. The number of carbonyl (C=O) groups is 1. The lowest BCUT2D eigenvalue weighted by Gasteiger charge is -2.10. The summed E-state index contributed by atoms with van der Waals surface area (Å²) in [6.07, 6.45) is 0. The number of thiocarbonyl (C=S) groups is 1. The van der Waals surface area contributed by atoms with Crippen LogP contribution in [0.25, 0.3) is 0 Å². The Morgan fingerprint density at radius 3 is 2.53 bits per heavy atom. The highest BCUT2D eigenvalue weighted by molar-refractivity contribution is 7.80. The number of anilines is 1. The Kier molecular flexibility index (Phi) is 6.02. The van der Waals surface area contributed by atoms with E-state index in [1.807, 2.05) is 6.92 Å². The minimum atomic E-state index is -0.322. The molecule has 0 amide bonds. The van der Waals surface area contributed by atoms with Gasteiger partial charge in [-0.25, -0.2) is 4.79 Å². The van der Waals surface area contributed by atoms with Gasteiger partial charge in [-0.2, -0.15) is 0 Å². The van der Waals surface area contributed by atoms with E-state index in [4.69, 9.17) is 17.0 Å². The Balaban J connectivity index is 2.54. The lowest BCUT2D eigenvalue weighted by molar-refractivity contribution is 0.0526. The van der Waals surface area contributed by atoms with Crippen LogP contribution in [0.3, 0.4) is 0 Å². The van der Waals surface area contributed by atoms with Gasteiger partial charge in [0.1, 0.15) is 0 Å². The van der Waals surface area contributed by atoms with Crippen molar-refractivity contribution in [1.29, 1.82) is 0 Å². The maximum atomic E-state index is 11.5. The van der Waals surface area contributed by atoms with Gasteiger partial charge in [-0.15, -0.1) is 0 Å². The summed E-state index contributed by atoms with van der Waals surface area (Å²) in [4.78, 5) is 11.5. The first-order chi connectivity index (χ1) is 9.02. The highest BCUT2D eigenvalue weighted by Crippen LogP contribution is 2.10. The Hall–Kier alpha value is -1.88. The minimum absolute atomic E-state index is 0.322. The van der Waals surface area contributed by atoms with E-state index in [9.17, 15) is 4.79 Å². The third-order valence-corrected chi connectivity index (χ3v) is 2.45. The van der Waals surface area contributed by atoms with Crippen molar-refractivity contribution < 1.29 is 9.53 Å². The van der Waals surface area contributed by atoms with Crippen LogP contribution in [0.1, 0.15) is 24.2 Å². The molecule has 0 aliphatic carbocycles. The van der Waals surface area contributed by atoms with E-state index in [0.29, 0.717) is 23.8 Å². The molecule has 0 aliphatic rings. The largest absolute Gasteiger partial charge is 0.462 e.